The minimum atomic E-state index is -4.37. The fourth-order valence-electron chi connectivity index (χ4n) is 1.96. The van der Waals surface area contributed by atoms with Gasteiger partial charge >= 0.3 is 12.1 Å². The number of carboxylic acid groups (broad SMARTS) is 1. The molecule has 0 aromatic heterocycles. The summed E-state index contributed by atoms with van der Waals surface area (Å²) >= 11 is 0. The monoisotopic (exact) mass is 289 g/mol. The van der Waals surface area contributed by atoms with E-state index in [0.717, 1.165) is 0 Å². The van der Waals surface area contributed by atoms with Crippen molar-refractivity contribution in [1.82, 2.24) is 5.32 Å². The predicted octanol–water partition coefficient (Wildman–Crippen LogP) is 3.38. The van der Waals surface area contributed by atoms with Crippen LogP contribution in [0.4, 0.5) is 13.2 Å². The maximum atomic E-state index is 12.7. The average molecular weight is 289 g/mol. The molecule has 1 rings (SSSR count). The van der Waals surface area contributed by atoms with Crippen LogP contribution in [-0.4, -0.2) is 23.3 Å². The Bertz CT molecular complexity index is 432. The largest absolute Gasteiger partial charge is 0.480 e. The van der Waals surface area contributed by atoms with Crippen LogP contribution in [0.2, 0.25) is 0 Å². The highest BCUT2D eigenvalue weighted by Crippen LogP contribution is 2.30. The molecule has 0 saturated carbocycles. The van der Waals surface area contributed by atoms with Crippen molar-refractivity contribution in [3.8, 4) is 0 Å². The number of aliphatic carboxylic acids is 1. The molecule has 0 aliphatic carbocycles. The van der Waals surface area contributed by atoms with E-state index in [2.05, 4.69) is 5.32 Å². The number of carboxylic acids is 1. The Morgan fingerprint density at radius 2 is 1.80 bits per heavy atom. The Balaban J connectivity index is 2.96. The smallest absolute Gasteiger partial charge is 0.390 e. The molecular weight excluding hydrogens is 271 g/mol. The summed E-state index contributed by atoms with van der Waals surface area (Å²) in [5.74, 6) is -1.46. The molecule has 0 bridgehead atoms. The fourth-order valence-corrected chi connectivity index (χ4v) is 1.96. The van der Waals surface area contributed by atoms with Crippen molar-refractivity contribution in [2.75, 3.05) is 0 Å². The number of carbonyl (C=O) groups is 1. The van der Waals surface area contributed by atoms with Crippen molar-refractivity contribution in [2.24, 2.45) is 5.92 Å². The summed E-state index contributed by atoms with van der Waals surface area (Å²) in [5.41, 5.74) is 0.428. The van der Waals surface area contributed by atoms with Gasteiger partial charge in [0.25, 0.3) is 0 Å². The molecule has 1 aromatic carbocycles. The van der Waals surface area contributed by atoms with Gasteiger partial charge in [-0.1, -0.05) is 44.2 Å². The summed E-state index contributed by atoms with van der Waals surface area (Å²) in [6.45, 7) is 3.31. The van der Waals surface area contributed by atoms with Crippen molar-refractivity contribution in [3.63, 3.8) is 0 Å². The molecule has 6 heteroatoms. The summed E-state index contributed by atoms with van der Waals surface area (Å²) in [4.78, 5) is 11.1. The van der Waals surface area contributed by atoms with E-state index in [0.29, 0.717) is 5.56 Å². The number of hydrogen-bond donors (Lipinski definition) is 2. The quantitative estimate of drug-likeness (QED) is 0.844. The topological polar surface area (TPSA) is 49.3 Å². The van der Waals surface area contributed by atoms with Gasteiger partial charge in [0, 0.05) is 6.04 Å². The Kier molecular flexibility index (Phi) is 5.56. The molecule has 2 unspecified atom stereocenters. The molecule has 20 heavy (non-hydrogen) atoms. The van der Waals surface area contributed by atoms with Crippen LogP contribution in [0.15, 0.2) is 30.3 Å². The molecule has 0 aliphatic heterocycles. The van der Waals surface area contributed by atoms with Gasteiger partial charge in [0.1, 0.15) is 6.04 Å². The second-order valence-corrected chi connectivity index (χ2v) is 5.01. The van der Waals surface area contributed by atoms with Crippen molar-refractivity contribution < 1.29 is 23.1 Å². The van der Waals surface area contributed by atoms with E-state index in [1.165, 1.54) is 0 Å². The van der Waals surface area contributed by atoms with Gasteiger partial charge in [-0.25, -0.2) is 0 Å². The first-order chi connectivity index (χ1) is 9.20. The van der Waals surface area contributed by atoms with Crippen molar-refractivity contribution >= 4 is 5.97 Å². The number of hydrogen-bond acceptors (Lipinski definition) is 2. The lowest BCUT2D eigenvalue weighted by Gasteiger charge is -2.26. The van der Waals surface area contributed by atoms with Crippen molar-refractivity contribution in [2.45, 2.75) is 38.5 Å². The standard InChI is InChI=1S/C14H18F3NO2/c1-9(2)12(13(19)20)18-11(8-14(15,16)17)10-6-4-3-5-7-10/h3-7,9,11-12,18H,8H2,1-2H3,(H,19,20). The van der Waals surface area contributed by atoms with E-state index in [1.807, 2.05) is 0 Å². The number of benzene rings is 1. The molecule has 2 N–H and O–H groups in total. The molecule has 2 atom stereocenters. The van der Waals surface area contributed by atoms with Gasteiger partial charge in [-0.2, -0.15) is 13.2 Å². The second kappa shape index (κ2) is 6.74. The highest BCUT2D eigenvalue weighted by atomic mass is 19.4. The fraction of sp³-hybridized carbons (Fsp3) is 0.500. The number of nitrogens with one attached hydrogen (secondary N) is 1. The van der Waals surface area contributed by atoms with E-state index in [1.54, 1.807) is 44.2 Å². The van der Waals surface area contributed by atoms with Crippen LogP contribution >= 0.6 is 0 Å². The molecule has 0 saturated heterocycles. The van der Waals surface area contributed by atoms with Gasteiger partial charge in [-0.3, -0.25) is 10.1 Å². The van der Waals surface area contributed by atoms with Gasteiger partial charge in [0.15, 0.2) is 0 Å². The maximum Gasteiger partial charge on any atom is 0.390 e. The Morgan fingerprint density at radius 1 is 1.25 bits per heavy atom. The van der Waals surface area contributed by atoms with Crippen molar-refractivity contribution in [3.05, 3.63) is 35.9 Å². The van der Waals surface area contributed by atoms with Gasteiger partial charge in [0.2, 0.25) is 0 Å². The van der Waals surface area contributed by atoms with Crippen LogP contribution in [0.5, 0.6) is 0 Å². The number of rotatable bonds is 6. The normalized spacial score (nSPS) is 15.1. The molecule has 0 heterocycles. The Morgan fingerprint density at radius 3 is 2.20 bits per heavy atom. The van der Waals surface area contributed by atoms with E-state index >= 15 is 0 Å². The Hall–Kier alpha value is -1.56. The predicted molar refractivity (Wildman–Crippen MR) is 69.3 cm³/mol. The first-order valence-corrected chi connectivity index (χ1v) is 6.31. The molecule has 1 aromatic rings. The summed E-state index contributed by atoms with van der Waals surface area (Å²) in [7, 11) is 0. The van der Waals surface area contributed by atoms with E-state index in [4.69, 9.17) is 5.11 Å². The third-order valence-electron chi connectivity index (χ3n) is 2.95. The maximum absolute atomic E-state index is 12.7. The van der Waals surface area contributed by atoms with Gasteiger partial charge in [0.05, 0.1) is 6.42 Å². The van der Waals surface area contributed by atoms with Crippen LogP contribution in [0.3, 0.4) is 0 Å². The van der Waals surface area contributed by atoms with Crippen molar-refractivity contribution in [1.29, 1.82) is 0 Å². The summed E-state index contributed by atoms with van der Waals surface area (Å²) in [6, 6.07) is 5.98. The molecule has 0 spiro atoms. The van der Waals surface area contributed by atoms with E-state index in [-0.39, 0.29) is 5.92 Å². The lowest BCUT2D eigenvalue weighted by atomic mass is 9.98. The van der Waals surface area contributed by atoms with E-state index in [9.17, 15) is 18.0 Å². The molecule has 0 radical (unpaired) electrons. The van der Waals surface area contributed by atoms with E-state index < -0.39 is 30.7 Å². The zero-order valence-corrected chi connectivity index (χ0v) is 11.3. The molecular formula is C14H18F3NO2. The Labute approximate surface area is 115 Å². The minimum Gasteiger partial charge on any atom is -0.480 e. The summed E-state index contributed by atoms with van der Waals surface area (Å²) < 4.78 is 38.0. The summed E-state index contributed by atoms with van der Waals surface area (Å²) in [5, 5.41) is 11.7. The average Bonchev–Trinajstić information content (AvgIpc) is 2.33. The molecule has 0 fully saturated rings. The zero-order chi connectivity index (χ0) is 15.3. The molecule has 0 amide bonds. The highest BCUT2D eigenvalue weighted by molar-refractivity contribution is 5.73. The van der Waals surface area contributed by atoms with Crippen LogP contribution < -0.4 is 5.32 Å². The van der Waals surface area contributed by atoms with Crippen LogP contribution in [0, 0.1) is 5.92 Å². The van der Waals surface area contributed by atoms with Crippen LogP contribution in [-0.2, 0) is 4.79 Å². The lowest BCUT2D eigenvalue weighted by Crippen LogP contribution is -2.44. The van der Waals surface area contributed by atoms with Gasteiger partial charge in [-0.15, -0.1) is 0 Å². The third kappa shape index (κ3) is 5.21. The van der Waals surface area contributed by atoms with Gasteiger partial charge < -0.3 is 5.11 Å². The molecule has 0 aliphatic rings. The first kappa shape index (κ1) is 16.5. The SMILES string of the molecule is CC(C)C(NC(CC(F)(F)F)c1ccccc1)C(=O)O. The minimum absolute atomic E-state index is 0.313. The molecule has 112 valence electrons. The van der Waals surface area contributed by atoms with Crippen LogP contribution in [0.25, 0.3) is 0 Å². The van der Waals surface area contributed by atoms with Gasteiger partial charge in [-0.05, 0) is 11.5 Å². The second-order valence-electron chi connectivity index (χ2n) is 5.01. The lowest BCUT2D eigenvalue weighted by molar-refractivity contribution is -0.147. The number of alkyl halides is 3. The zero-order valence-electron chi connectivity index (χ0n) is 11.3. The third-order valence-corrected chi connectivity index (χ3v) is 2.95. The summed E-state index contributed by atoms with van der Waals surface area (Å²) in [6.07, 6.45) is -5.47. The molecule has 3 nitrogen and oxygen atoms in total. The highest BCUT2D eigenvalue weighted by Gasteiger charge is 2.35. The van der Waals surface area contributed by atoms with Crippen LogP contribution in [0.1, 0.15) is 31.9 Å². The first-order valence-electron chi connectivity index (χ1n) is 6.31. The number of halogens is 3.